The van der Waals surface area contributed by atoms with Gasteiger partial charge in [0.25, 0.3) is 11.6 Å². The Kier molecular flexibility index (Phi) is 4.54. The number of thioether (sulfide) groups is 1. The number of amides is 1. The maximum atomic E-state index is 12.2. The highest BCUT2D eigenvalue weighted by Crippen LogP contribution is 2.40. The lowest BCUT2D eigenvalue weighted by Gasteiger charge is -2.17. The summed E-state index contributed by atoms with van der Waals surface area (Å²) in [5.74, 6) is 0.473. The van der Waals surface area contributed by atoms with Crippen LogP contribution in [0.25, 0.3) is 6.08 Å². The van der Waals surface area contributed by atoms with Gasteiger partial charge in [-0.2, -0.15) is 0 Å². The van der Waals surface area contributed by atoms with Gasteiger partial charge in [0.1, 0.15) is 0 Å². The topological polar surface area (TPSA) is 103 Å². The van der Waals surface area contributed by atoms with Crippen LogP contribution in [0.15, 0.2) is 22.0 Å². The number of amidine groups is 1. The highest BCUT2D eigenvalue weighted by atomic mass is 32.2. The van der Waals surface area contributed by atoms with Crippen molar-refractivity contribution in [2.45, 2.75) is 38.1 Å². The van der Waals surface area contributed by atoms with E-state index in [0.29, 0.717) is 27.1 Å². The van der Waals surface area contributed by atoms with Crippen LogP contribution in [-0.4, -0.2) is 28.8 Å². The van der Waals surface area contributed by atoms with Crippen LogP contribution in [0.2, 0.25) is 0 Å². The van der Waals surface area contributed by atoms with E-state index in [4.69, 9.17) is 9.47 Å². The number of carbonyl (C=O) groups is 1. The number of nitrogens with one attached hydrogen (secondary N) is 1. The van der Waals surface area contributed by atoms with Gasteiger partial charge in [-0.1, -0.05) is 19.3 Å². The average Bonchev–Trinajstić information content (AvgIpc) is 3.21. The molecule has 0 unspecified atom stereocenters. The Bertz CT molecular complexity index is 830. The molecule has 0 radical (unpaired) electrons. The van der Waals surface area contributed by atoms with E-state index in [1.807, 2.05) is 0 Å². The van der Waals surface area contributed by atoms with Crippen LogP contribution in [0.4, 0.5) is 5.69 Å². The molecule has 1 saturated heterocycles. The van der Waals surface area contributed by atoms with Crippen molar-refractivity contribution in [3.05, 3.63) is 32.7 Å². The average molecular weight is 375 g/mol. The van der Waals surface area contributed by atoms with E-state index >= 15 is 0 Å². The van der Waals surface area contributed by atoms with Crippen LogP contribution in [0.3, 0.4) is 0 Å². The monoisotopic (exact) mass is 375 g/mol. The number of carbonyl (C=O) groups excluding carboxylic acids is 1. The highest BCUT2D eigenvalue weighted by Gasteiger charge is 2.28. The molecule has 0 bridgehead atoms. The largest absolute Gasteiger partial charge is 0.454 e. The third-order valence-corrected chi connectivity index (χ3v) is 5.45. The van der Waals surface area contributed by atoms with E-state index in [9.17, 15) is 14.9 Å². The van der Waals surface area contributed by atoms with Gasteiger partial charge in [0.2, 0.25) is 6.79 Å². The van der Waals surface area contributed by atoms with Gasteiger partial charge in [-0.05, 0) is 36.7 Å². The summed E-state index contributed by atoms with van der Waals surface area (Å²) in [5, 5.41) is 14.7. The first-order chi connectivity index (χ1) is 12.6. The summed E-state index contributed by atoms with van der Waals surface area (Å²) in [6, 6.07) is 3.09. The quantitative estimate of drug-likeness (QED) is 0.494. The third kappa shape index (κ3) is 3.39. The first-order valence-corrected chi connectivity index (χ1v) is 9.28. The molecule has 1 aliphatic carbocycles. The van der Waals surface area contributed by atoms with Gasteiger partial charge >= 0.3 is 0 Å². The molecule has 4 rings (SSSR count). The second-order valence-corrected chi connectivity index (χ2v) is 7.34. The molecule has 0 aromatic heterocycles. The van der Waals surface area contributed by atoms with Gasteiger partial charge in [-0.25, -0.2) is 0 Å². The molecule has 136 valence electrons. The first kappa shape index (κ1) is 16.9. The van der Waals surface area contributed by atoms with E-state index in [1.54, 1.807) is 0 Å². The summed E-state index contributed by atoms with van der Waals surface area (Å²) in [6.07, 6.45) is 7.13. The summed E-state index contributed by atoms with van der Waals surface area (Å²) in [7, 11) is 0. The summed E-state index contributed by atoms with van der Waals surface area (Å²) < 4.78 is 10.5. The van der Waals surface area contributed by atoms with Gasteiger partial charge in [-0.3, -0.25) is 19.9 Å². The molecule has 8 nitrogen and oxygen atoms in total. The number of hydrogen-bond donors (Lipinski definition) is 1. The minimum Gasteiger partial charge on any atom is -0.454 e. The number of nitrogens with zero attached hydrogens (tertiary/aromatic N) is 2. The zero-order valence-corrected chi connectivity index (χ0v) is 14.7. The van der Waals surface area contributed by atoms with Crippen molar-refractivity contribution in [3.8, 4) is 11.5 Å². The Morgan fingerprint density at radius 1 is 1.23 bits per heavy atom. The molecule has 1 saturated carbocycles. The fourth-order valence-corrected chi connectivity index (χ4v) is 4.11. The second kappa shape index (κ2) is 6.99. The van der Waals surface area contributed by atoms with Crippen LogP contribution < -0.4 is 14.8 Å². The lowest BCUT2D eigenvalue weighted by molar-refractivity contribution is -0.385. The molecule has 1 aromatic carbocycles. The zero-order chi connectivity index (χ0) is 18.1. The Hall–Kier alpha value is -2.55. The van der Waals surface area contributed by atoms with Crippen molar-refractivity contribution in [2.75, 3.05) is 6.79 Å². The number of ether oxygens (including phenoxy) is 2. The number of fused-ring (bicyclic) bond motifs is 1. The fourth-order valence-electron chi connectivity index (χ4n) is 3.23. The Labute approximate surface area is 153 Å². The lowest BCUT2D eigenvalue weighted by Crippen LogP contribution is -2.22. The Morgan fingerprint density at radius 3 is 2.69 bits per heavy atom. The summed E-state index contributed by atoms with van der Waals surface area (Å²) >= 11 is 1.22. The lowest BCUT2D eigenvalue weighted by atomic mass is 9.96. The van der Waals surface area contributed by atoms with Gasteiger partial charge in [0.15, 0.2) is 16.7 Å². The van der Waals surface area contributed by atoms with Gasteiger partial charge in [0.05, 0.1) is 27.5 Å². The molecule has 1 N–H and O–H groups in total. The second-order valence-electron chi connectivity index (χ2n) is 6.31. The Balaban J connectivity index is 1.61. The molecule has 9 heteroatoms. The van der Waals surface area contributed by atoms with Crippen LogP contribution in [0.1, 0.15) is 37.7 Å². The van der Waals surface area contributed by atoms with Crippen molar-refractivity contribution in [3.63, 3.8) is 0 Å². The molecule has 2 aliphatic heterocycles. The van der Waals surface area contributed by atoms with Crippen LogP contribution >= 0.6 is 11.8 Å². The maximum absolute atomic E-state index is 12.2. The van der Waals surface area contributed by atoms with Crippen molar-refractivity contribution < 1.29 is 19.2 Å². The predicted octanol–water partition coefficient (Wildman–Crippen LogP) is 3.22. The van der Waals surface area contributed by atoms with Crippen LogP contribution in [0, 0.1) is 10.1 Å². The molecule has 1 aromatic rings. The molecular weight excluding hydrogens is 358 g/mol. The van der Waals surface area contributed by atoms with Crippen molar-refractivity contribution in [1.29, 1.82) is 0 Å². The molecule has 26 heavy (non-hydrogen) atoms. The Morgan fingerprint density at radius 2 is 1.96 bits per heavy atom. The minimum atomic E-state index is -0.497. The van der Waals surface area contributed by atoms with Gasteiger partial charge < -0.3 is 14.8 Å². The molecule has 2 fully saturated rings. The van der Waals surface area contributed by atoms with Crippen molar-refractivity contribution in [1.82, 2.24) is 5.32 Å². The maximum Gasteiger partial charge on any atom is 0.280 e. The van der Waals surface area contributed by atoms with E-state index in [0.717, 1.165) is 25.7 Å². The molecule has 2 heterocycles. The number of hydrogen-bond acceptors (Lipinski definition) is 7. The highest BCUT2D eigenvalue weighted by molar-refractivity contribution is 8.18. The summed E-state index contributed by atoms with van der Waals surface area (Å²) in [5.41, 5.74) is 0.170. The van der Waals surface area contributed by atoms with Crippen molar-refractivity contribution >= 4 is 34.6 Å². The fraction of sp³-hybridized carbons (Fsp3) is 0.412. The standard InChI is InChI=1S/C17H17N3O5S/c21-16-15(26-17(19-16)18-11-4-2-1-3-5-11)7-10-6-13-14(25-9-24-13)8-12(10)20(22)23/h6-8,11H,1-5,9H2,(H,18,19,21)/b15-7-. The van der Waals surface area contributed by atoms with Crippen molar-refractivity contribution in [2.24, 2.45) is 4.99 Å². The van der Waals surface area contributed by atoms with Crippen LogP contribution in [-0.2, 0) is 4.79 Å². The van der Waals surface area contributed by atoms with Crippen LogP contribution in [0.5, 0.6) is 11.5 Å². The molecule has 0 atom stereocenters. The first-order valence-electron chi connectivity index (χ1n) is 8.47. The number of benzene rings is 1. The van der Waals surface area contributed by atoms with E-state index < -0.39 is 4.92 Å². The summed E-state index contributed by atoms with van der Waals surface area (Å²) in [4.78, 5) is 28.1. The molecule has 1 amide bonds. The van der Waals surface area contributed by atoms with E-state index in [-0.39, 0.29) is 24.4 Å². The molecule has 0 spiro atoms. The minimum absolute atomic E-state index is 0.0277. The summed E-state index contributed by atoms with van der Waals surface area (Å²) in [6.45, 7) is 0.0277. The normalized spacial score (nSPS) is 22.8. The predicted molar refractivity (Wildman–Crippen MR) is 97.2 cm³/mol. The van der Waals surface area contributed by atoms with E-state index in [2.05, 4.69) is 10.3 Å². The van der Waals surface area contributed by atoms with E-state index in [1.165, 1.54) is 36.4 Å². The SMILES string of the molecule is O=C1NC(=NC2CCCCC2)S/C1=C\c1cc2c(cc1[N+](=O)[O-])OCO2. The van der Waals surface area contributed by atoms with Gasteiger partial charge in [0, 0.05) is 0 Å². The van der Waals surface area contributed by atoms with Gasteiger partial charge in [-0.15, -0.1) is 0 Å². The number of nitro benzene ring substituents is 1. The molecular formula is C17H17N3O5S. The number of nitro groups is 1. The number of aliphatic imine (C=N–C) groups is 1. The number of rotatable bonds is 3. The smallest absolute Gasteiger partial charge is 0.280 e. The third-order valence-electron chi connectivity index (χ3n) is 4.53. The zero-order valence-electron chi connectivity index (χ0n) is 13.9. The molecule has 3 aliphatic rings.